The van der Waals surface area contributed by atoms with Crippen LogP contribution in [0.5, 0.6) is 0 Å². The number of rotatable bonds is 10. The molecule has 3 aromatic rings. The van der Waals surface area contributed by atoms with Crippen LogP contribution in [0.3, 0.4) is 0 Å². The number of aromatic nitrogens is 2. The highest BCUT2D eigenvalue weighted by Gasteiger charge is 2.15. The van der Waals surface area contributed by atoms with Crippen molar-refractivity contribution in [1.82, 2.24) is 9.55 Å². The van der Waals surface area contributed by atoms with Crippen LogP contribution in [0.25, 0.3) is 10.2 Å². The van der Waals surface area contributed by atoms with Gasteiger partial charge in [-0.05, 0) is 24.3 Å². The van der Waals surface area contributed by atoms with Gasteiger partial charge in [0.1, 0.15) is 4.70 Å². The van der Waals surface area contributed by atoms with Crippen LogP contribution in [-0.4, -0.2) is 32.2 Å². The molecule has 1 N–H and O–H groups in total. The molecular formula is C20H20N2O4S2. The van der Waals surface area contributed by atoms with Crippen molar-refractivity contribution in [3.63, 3.8) is 0 Å². The summed E-state index contributed by atoms with van der Waals surface area (Å²) < 4.78 is 2.21. The maximum absolute atomic E-state index is 12.8. The minimum absolute atomic E-state index is 0.0155. The van der Waals surface area contributed by atoms with Gasteiger partial charge in [0.05, 0.1) is 11.3 Å². The predicted molar refractivity (Wildman–Crippen MR) is 111 cm³/mol. The Morgan fingerprint density at radius 1 is 1.11 bits per heavy atom. The predicted octanol–water partition coefficient (Wildman–Crippen LogP) is 4.08. The van der Waals surface area contributed by atoms with Crippen molar-refractivity contribution in [2.24, 2.45) is 0 Å². The molecule has 28 heavy (non-hydrogen) atoms. The number of carboxylic acids is 1. The smallest absolute Gasteiger partial charge is 0.303 e. The van der Waals surface area contributed by atoms with E-state index >= 15 is 0 Å². The number of ketones is 1. The zero-order chi connectivity index (χ0) is 19.9. The molecule has 0 fully saturated rings. The van der Waals surface area contributed by atoms with E-state index in [9.17, 15) is 14.4 Å². The van der Waals surface area contributed by atoms with Crippen LogP contribution >= 0.6 is 23.1 Å². The number of thiophene rings is 1. The molecule has 0 aliphatic rings. The molecule has 0 spiro atoms. The van der Waals surface area contributed by atoms with Gasteiger partial charge >= 0.3 is 5.97 Å². The number of nitrogens with zero attached hydrogens (tertiary/aromatic N) is 2. The number of fused-ring (bicyclic) bond motifs is 1. The summed E-state index contributed by atoms with van der Waals surface area (Å²) in [6.45, 7) is 0.459. The molecule has 6 nitrogen and oxygen atoms in total. The Hall–Kier alpha value is -2.45. The molecule has 2 heterocycles. The monoisotopic (exact) mass is 416 g/mol. The SMILES string of the molecule is O=C(O)CCCCCn1c(SCC(=O)c2ccccc2)nc2ccsc2c1=O. The number of hydrogen-bond acceptors (Lipinski definition) is 6. The highest BCUT2D eigenvalue weighted by molar-refractivity contribution is 7.99. The lowest BCUT2D eigenvalue weighted by Gasteiger charge is -2.11. The number of thioether (sulfide) groups is 1. The van der Waals surface area contributed by atoms with Crippen molar-refractivity contribution < 1.29 is 14.7 Å². The van der Waals surface area contributed by atoms with Crippen molar-refractivity contribution in [2.75, 3.05) is 5.75 Å². The van der Waals surface area contributed by atoms with E-state index in [2.05, 4.69) is 4.98 Å². The number of Topliss-reactive ketones (excluding diaryl/α,β-unsaturated/α-hetero) is 1. The van der Waals surface area contributed by atoms with Gasteiger partial charge in [-0.3, -0.25) is 19.0 Å². The molecule has 0 unspecified atom stereocenters. The summed E-state index contributed by atoms with van der Waals surface area (Å²) in [5.74, 6) is -0.627. The maximum Gasteiger partial charge on any atom is 0.303 e. The van der Waals surface area contributed by atoms with E-state index in [4.69, 9.17) is 5.11 Å². The Morgan fingerprint density at radius 2 is 1.89 bits per heavy atom. The van der Waals surface area contributed by atoms with Gasteiger partial charge in [-0.2, -0.15) is 0 Å². The zero-order valence-electron chi connectivity index (χ0n) is 15.2. The van der Waals surface area contributed by atoms with E-state index < -0.39 is 5.97 Å². The number of carbonyl (C=O) groups excluding carboxylic acids is 1. The Balaban J connectivity index is 1.74. The summed E-state index contributed by atoms with van der Waals surface area (Å²) in [6, 6.07) is 10.8. The first-order valence-corrected chi connectivity index (χ1v) is 10.8. The lowest BCUT2D eigenvalue weighted by molar-refractivity contribution is -0.137. The summed E-state index contributed by atoms with van der Waals surface area (Å²) >= 11 is 2.62. The Kier molecular flexibility index (Phi) is 7.00. The first-order valence-electron chi connectivity index (χ1n) is 8.97. The maximum atomic E-state index is 12.8. The molecule has 2 aromatic heterocycles. The summed E-state index contributed by atoms with van der Waals surface area (Å²) in [7, 11) is 0. The molecule has 0 aliphatic carbocycles. The average Bonchev–Trinajstić information content (AvgIpc) is 3.17. The van der Waals surface area contributed by atoms with Gasteiger partial charge in [0.15, 0.2) is 10.9 Å². The second kappa shape index (κ2) is 9.66. The molecule has 8 heteroatoms. The van der Waals surface area contributed by atoms with E-state index in [0.717, 1.165) is 0 Å². The minimum Gasteiger partial charge on any atom is -0.481 e. The van der Waals surface area contributed by atoms with Crippen molar-refractivity contribution >= 4 is 45.1 Å². The number of hydrogen-bond donors (Lipinski definition) is 1. The fourth-order valence-corrected chi connectivity index (χ4v) is 4.49. The van der Waals surface area contributed by atoms with Gasteiger partial charge in [0.2, 0.25) is 0 Å². The summed E-state index contributed by atoms with van der Waals surface area (Å²) in [5, 5.41) is 11.1. The Morgan fingerprint density at radius 3 is 2.64 bits per heavy atom. The van der Waals surface area contributed by atoms with Crippen LogP contribution < -0.4 is 5.56 Å². The van der Waals surface area contributed by atoms with Crippen LogP contribution in [-0.2, 0) is 11.3 Å². The molecule has 146 valence electrons. The van der Waals surface area contributed by atoms with Crippen molar-refractivity contribution in [1.29, 1.82) is 0 Å². The van der Waals surface area contributed by atoms with Crippen LogP contribution in [0.1, 0.15) is 36.0 Å². The van der Waals surface area contributed by atoms with Gasteiger partial charge in [0, 0.05) is 18.5 Å². The van der Waals surface area contributed by atoms with E-state index in [0.29, 0.717) is 46.7 Å². The van der Waals surface area contributed by atoms with Crippen molar-refractivity contribution in [3.05, 3.63) is 57.7 Å². The molecule has 0 radical (unpaired) electrons. The topological polar surface area (TPSA) is 89.3 Å². The van der Waals surface area contributed by atoms with Gasteiger partial charge in [-0.1, -0.05) is 48.5 Å². The molecule has 1 aromatic carbocycles. The number of aliphatic carboxylic acids is 1. The largest absolute Gasteiger partial charge is 0.481 e. The van der Waals surface area contributed by atoms with Crippen molar-refractivity contribution in [2.45, 2.75) is 37.4 Å². The molecule has 0 bridgehead atoms. The number of benzene rings is 1. The lowest BCUT2D eigenvalue weighted by atomic mass is 10.2. The van der Waals surface area contributed by atoms with Crippen LogP contribution in [0.15, 0.2) is 51.7 Å². The van der Waals surface area contributed by atoms with Gasteiger partial charge in [-0.25, -0.2) is 4.98 Å². The van der Waals surface area contributed by atoms with E-state index in [1.54, 1.807) is 16.7 Å². The molecule has 0 aliphatic heterocycles. The third-order valence-electron chi connectivity index (χ3n) is 4.23. The number of unbranched alkanes of at least 4 members (excludes halogenated alkanes) is 2. The fraction of sp³-hybridized carbons (Fsp3) is 0.300. The first-order chi connectivity index (χ1) is 13.6. The number of carboxylic acid groups (broad SMARTS) is 1. The first kappa shape index (κ1) is 20.3. The molecule has 0 atom stereocenters. The second-order valence-electron chi connectivity index (χ2n) is 6.27. The fourth-order valence-electron chi connectivity index (χ4n) is 2.79. The summed E-state index contributed by atoms with van der Waals surface area (Å²) in [4.78, 5) is 40.4. The van der Waals surface area contributed by atoms with Crippen LogP contribution in [0, 0.1) is 0 Å². The van der Waals surface area contributed by atoms with Crippen molar-refractivity contribution in [3.8, 4) is 0 Å². The lowest BCUT2D eigenvalue weighted by Crippen LogP contribution is -2.23. The van der Waals surface area contributed by atoms with Gasteiger partial charge in [-0.15, -0.1) is 11.3 Å². The van der Waals surface area contributed by atoms with E-state index in [1.807, 2.05) is 29.6 Å². The second-order valence-corrected chi connectivity index (χ2v) is 8.13. The average molecular weight is 417 g/mol. The highest BCUT2D eigenvalue weighted by Crippen LogP contribution is 2.22. The van der Waals surface area contributed by atoms with Crippen LogP contribution in [0.2, 0.25) is 0 Å². The summed E-state index contributed by atoms with van der Waals surface area (Å²) in [5.41, 5.74) is 1.17. The van der Waals surface area contributed by atoms with E-state index in [1.165, 1.54) is 23.1 Å². The molecule has 3 rings (SSSR count). The quantitative estimate of drug-likeness (QED) is 0.232. The summed E-state index contributed by atoms with van der Waals surface area (Å²) in [6.07, 6.45) is 2.11. The molecule has 0 saturated heterocycles. The number of carbonyl (C=O) groups is 2. The minimum atomic E-state index is -0.811. The standard InChI is InChI=1S/C20H20N2O4S2/c23-16(14-7-3-1-4-8-14)13-28-20-21-15-10-12-27-18(15)19(26)22(20)11-6-2-5-9-17(24)25/h1,3-4,7-8,10,12H,2,5-6,9,11,13H2,(H,24,25). The van der Waals surface area contributed by atoms with Gasteiger partial charge < -0.3 is 5.11 Å². The Bertz CT molecular complexity index is 1030. The molecule has 0 amide bonds. The zero-order valence-corrected chi connectivity index (χ0v) is 16.8. The van der Waals surface area contributed by atoms with E-state index in [-0.39, 0.29) is 23.5 Å². The third-order valence-corrected chi connectivity index (χ3v) is 6.10. The molecular weight excluding hydrogens is 396 g/mol. The normalized spacial score (nSPS) is 11.0. The van der Waals surface area contributed by atoms with Gasteiger partial charge in [0.25, 0.3) is 5.56 Å². The third kappa shape index (κ3) is 5.08. The Labute approximate surface area is 170 Å². The molecule has 0 saturated carbocycles. The van der Waals surface area contributed by atoms with Crippen LogP contribution in [0.4, 0.5) is 0 Å². The highest BCUT2D eigenvalue weighted by atomic mass is 32.2.